The molecule has 0 amide bonds. The van der Waals surface area contributed by atoms with E-state index in [0.29, 0.717) is 17.4 Å². The van der Waals surface area contributed by atoms with E-state index in [9.17, 15) is 19.5 Å². The summed E-state index contributed by atoms with van der Waals surface area (Å²) in [6, 6.07) is 0. The van der Waals surface area contributed by atoms with Crippen molar-refractivity contribution in [2.75, 3.05) is 47.5 Å². The van der Waals surface area contributed by atoms with Gasteiger partial charge in [-0.15, -0.1) is 0 Å². The standard InChI is InChI=1S/C72H127NO8/c1-6-8-10-12-14-16-18-20-22-24-26-28-30-32-34-35-37-38-40-42-44-46-48-50-52-54-56-58-60-62-69(74)79-66-68(67-80-72(71(76)77)78-65-64-73(3,4)5)81-70(75)63-61-59-57-55-53-51-49-47-45-43-41-39-36-33-31-29-27-25-23-21-19-17-15-13-11-9-7-2/h9,11,15,17,21,23,27,29,33,36,41,43,47,49,68,72H,6-8,10,12-14,16,18-20,22,24-26,28,30-32,34-35,37-40,42,44-46,48,50-67H2,1-5H3/b11-9-,17-15-,23-21-,29-27-,36-33-,43-41-,49-47-. The summed E-state index contributed by atoms with van der Waals surface area (Å²) in [5.74, 6) is -2.30. The zero-order valence-corrected chi connectivity index (χ0v) is 53.4. The second kappa shape index (κ2) is 62.5. The Hall–Kier alpha value is -3.53. The average molecular weight is 1130 g/mol. The highest BCUT2D eigenvalue weighted by Crippen LogP contribution is 2.18. The van der Waals surface area contributed by atoms with Crippen LogP contribution in [0.2, 0.25) is 0 Å². The highest BCUT2D eigenvalue weighted by molar-refractivity contribution is 5.70. The van der Waals surface area contributed by atoms with Crippen LogP contribution < -0.4 is 5.11 Å². The van der Waals surface area contributed by atoms with E-state index < -0.39 is 24.3 Å². The summed E-state index contributed by atoms with van der Waals surface area (Å²) < 4.78 is 22.8. The lowest BCUT2D eigenvalue weighted by Gasteiger charge is -2.26. The van der Waals surface area contributed by atoms with Gasteiger partial charge in [-0.25, -0.2) is 0 Å². The number of carbonyl (C=O) groups excluding carboxylic acids is 3. The number of quaternary nitrogens is 1. The van der Waals surface area contributed by atoms with Crippen LogP contribution in [0.1, 0.15) is 296 Å². The Kier molecular flexibility index (Phi) is 59.8. The van der Waals surface area contributed by atoms with Gasteiger partial charge in [-0.2, -0.15) is 0 Å². The molecule has 0 bridgehead atoms. The number of carbonyl (C=O) groups is 3. The molecule has 0 radical (unpaired) electrons. The number of carboxylic acids is 1. The molecule has 0 saturated heterocycles. The highest BCUT2D eigenvalue weighted by Gasteiger charge is 2.22. The molecule has 0 aliphatic rings. The van der Waals surface area contributed by atoms with Gasteiger partial charge in [0.25, 0.3) is 0 Å². The van der Waals surface area contributed by atoms with Gasteiger partial charge < -0.3 is 33.3 Å². The minimum atomic E-state index is -1.63. The van der Waals surface area contributed by atoms with Crippen molar-refractivity contribution in [1.82, 2.24) is 0 Å². The molecular weight excluding hydrogens is 1010 g/mol. The lowest BCUT2D eigenvalue weighted by atomic mass is 10.0. The van der Waals surface area contributed by atoms with Crippen molar-refractivity contribution in [2.45, 2.75) is 309 Å². The molecule has 0 heterocycles. The number of rotatable bonds is 62. The summed E-state index contributed by atoms with van der Waals surface area (Å²) >= 11 is 0. The lowest BCUT2D eigenvalue weighted by Crippen LogP contribution is -2.44. The van der Waals surface area contributed by atoms with Crippen molar-refractivity contribution in [3.05, 3.63) is 85.1 Å². The Bertz CT molecular complexity index is 1600. The van der Waals surface area contributed by atoms with Gasteiger partial charge in [-0.1, -0.05) is 298 Å². The smallest absolute Gasteiger partial charge is 0.306 e. The minimum Gasteiger partial charge on any atom is -0.545 e. The number of aliphatic carboxylic acids is 1. The molecule has 0 aromatic rings. The Morgan fingerprint density at radius 2 is 0.704 bits per heavy atom. The van der Waals surface area contributed by atoms with Gasteiger partial charge in [0, 0.05) is 12.8 Å². The maximum absolute atomic E-state index is 12.9. The Morgan fingerprint density at radius 3 is 1.05 bits per heavy atom. The van der Waals surface area contributed by atoms with E-state index >= 15 is 0 Å². The molecule has 0 aliphatic carbocycles. The van der Waals surface area contributed by atoms with Crippen LogP contribution in [0.3, 0.4) is 0 Å². The fraction of sp³-hybridized carbons (Fsp3) is 0.764. The van der Waals surface area contributed by atoms with Gasteiger partial charge in [-0.3, -0.25) is 9.59 Å². The minimum absolute atomic E-state index is 0.141. The molecule has 0 rings (SSSR count). The van der Waals surface area contributed by atoms with E-state index in [0.717, 1.165) is 96.3 Å². The van der Waals surface area contributed by atoms with Crippen LogP contribution in [-0.4, -0.2) is 82.3 Å². The lowest BCUT2D eigenvalue weighted by molar-refractivity contribution is -0.870. The molecule has 81 heavy (non-hydrogen) atoms. The summed E-state index contributed by atoms with van der Waals surface area (Å²) in [7, 11) is 5.92. The van der Waals surface area contributed by atoms with E-state index in [1.165, 1.54) is 167 Å². The molecule has 0 aromatic heterocycles. The van der Waals surface area contributed by atoms with Crippen molar-refractivity contribution >= 4 is 17.9 Å². The number of unbranched alkanes of at least 4 members (excludes halogenated alkanes) is 33. The maximum atomic E-state index is 12.9. The number of likely N-dealkylation sites (N-methyl/N-ethyl adjacent to an activating group) is 1. The van der Waals surface area contributed by atoms with Crippen LogP contribution >= 0.6 is 0 Å². The number of esters is 2. The molecule has 9 nitrogen and oxygen atoms in total. The quantitative estimate of drug-likeness (QED) is 0.0195. The average Bonchev–Trinajstić information content (AvgIpc) is 3.44. The topological polar surface area (TPSA) is 111 Å². The van der Waals surface area contributed by atoms with Gasteiger partial charge in [0.2, 0.25) is 0 Å². The van der Waals surface area contributed by atoms with Crippen LogP contribution in [0.4, 0.5) is 0 Å². The van der Waals surface area contributed by atoms with E-state index in [2.05, 4.69) is 98.9 Å². The predicted molar refractivity (Wildman–Crippen MR) is 343 cm³/mol. The first kappa shape index (κ1) is 77.5. The number of ether oxygens (including phenoxy) is 4. The van der Waals surface area contributed by atoms with Crippen molar-refractivity contribution < 1.29 is 42.9 Å². The van der Waals surface area contributed by atoms with Crippen LogP contribution in [0.15, 0.2) is 85.1 Å². The fourth-order valence-electron chi connectivity index (χ4n) is 9.52. The number of nitrogens with zero attached hydrogens (tertiary/aromatic N) is 1. The zero-order chi connectivity index (χ0) is 59.1. The Morgan fingerprint density at radius 1 is 0.383 bits per heavy atom. The van der Waals surface area contributed by atoms with Gasteiger partial charge >= 0.3 is 11.9 Å². The molecule has 0 aliphatic heterocycles. The third-order valence-corrected chi connectivity index (χ3v) is 14.7. The van der Waals surface area contributed by atoms with Crippen molar-refractivity contribution in [3.8, 4) is 0 Å². The SMILES string of the molecule is CC/C=C\C/C=C\C/C=C\C/C=C\C/C=C\C/C=C\C/C=C\CCCCCCCC(=O)OC(COC(=O)CCCCCCCCCCCCCCCCCCCCCCCCCCCCCCC)COC(OCC[N+](C)(C)C)C(=O)[O-]. The van der Waals surface area contributed by atoms with Crippen LogP contribution in [-0.2, 0) is 33.3 Å². The second-order valence-electron chi connectivity index (χ2n) is 23.7. The van der Waals surface area contributed by atoms with Crippen LogP contribution in [0.5, 0.6) is 0 Å². The highest BCUT2D eigenvalue weighted by atomic mass is 16.7. The largest absolute Gasteiger partial charge is 0.545 e. The zero-order valence-electron chi connectivity index (χ0n) is 53.4. The Labute approximate surface area is 500 Å². The number of allylic oxidation sites excluding steroid dienone is 14. The van der Waals surface area contributed by atoms with Gasteiger partial charge in [0.05, 0.1) is 40.3 Å². The van der Waals surface area contributed by atoms with E-state index in [-0.39, 0.29) is 38.6 Å². The molecule has 468 valence electrons. The molecule has 9 heteroatoms. The first-order chi connectivity index (χ1) is 39.6. The fourth-order valence-corrected chi connectivity index (χ4v) is 9.52. The van der Waals surface area contributed by atoms with Gasteiger partial charge in [0.1, 0.15) is 13.2 Å². The molecule has 2 atom stereocenters. The van der Waals surface area contributed by atoms with Crippen molar-refractivity contribution in [3.63, 3.8) is 0 Å². The summed E-state index contributed by atoms with van der Waals surface area (Å²) in [6.45, 7) is 4.64. The summed E-state index contributed by atoms with van der Waals surface area (Å²) in [4.78, 5) is 37.4. The normalized spacial score (nSPS) is 13.2. The number of hydrogen-bond acceptors (Lipinski definition) is 8. The van der Waals surface area contributed by atoms with Gasteiger partial charge in [-0.05, 0) is 70.6 Å². The summed E-state index contributed by atoms with van der Waals surface area (Å²) in [5, 5.41) is 11.8. The van der Waals surface area contributed by atoms with Gasteiger partial charge in [0.15, 0.2) is 12.4 Å². The third-order valence-electron chi connectivity index (χ3n) is 14.7. The first-order valence-electron chi connectivity index (χ1n) is 33.7. The maximum Gasteiger partial charge on any atom is 0.306 e. The predicted octanol–water partition coefficient (Wildman–Crippen LogP) is 19.4. The third kappa shape index (κ3) is 63.9. The van der Waals surface area contributed by atoms with Crippen LogP contribution in [0.25, 0.3) is 0 Å². The molecule has 0 saturated carbocycles. The molecule has 0 aromatic carbocycles. The molecular formula is C72H127NO8. The Balaban J connectivity index is 4.18. The first-order valence-corrected chi connectivity index (χ1v) is 33.7. The van der Waals surface area contributed by atoms with E-state index in [1.807, 2.05) is 21.1 Å². The summed E-state index contributed by atoms with van der Waals surface area (Å²) in [6.07, 6.45) is 80.9. The van der Waals surface area contributed by atoms with Crippen molar-refractivity contribution in [1.29, 1.82) is 0 Å². The number of carboxylic acid groups (broad SMARTS) is 1. The van der Waals surface area contributed by atoms with Crippen LogP contribution in [0, 0.1) is 0 Å². The van der Waals surface area contributed by atoms with E-state index in [1.54, 1.807) is 0 Å². The van der Waals surface area contributed by atoms with Crippen molar-refractivity contribution in [2.24, 2.45) is 0 Å². The van der Waals surface area contributed by atoms with E-state index in [4.69, 9.17) is 18.9 Å². The molecule has 0 spiro atoms. The summed E-state index contributed by atoms with van der Waals surface area (Å²) in [5.41, 5.74) is 0. The second-order valence-corrected chi connectivity index (χ2v) is 23.7. The monoisotopic (exact) mass is 1130 g/mol. The molecule has 2 unspecified atom stereocenters. The number of hydrogen-bond donors (Lipinski definition) is 0. The molecule has 0 fully saturated rings. The molecule has 0 N–H and O–H groups in total.